The fourth-order valence-corrected chi connectivity index (χ4v) is 4.02. The van der Waals surface area contributed by atoms with Gasteiger partial charge in [0.15, 0.2) is 0 Å². The third-order valence-electron chi connectivity index (χ3n) is 5.68. The zero-order chi connectivity index (χ0) is 24.8. The van der Waals surface area contributed by atoms with E-state index in [1.54, 1.807) is 29.2 Å². The molecule has 3 aromatic carbocycles. The van der Waals surface area contributed by atoms with Gasteiger partial charge in [-0.25, -0.2) is 0 Å². The van der Waals surface area contributed by atoms with Gasteiger partial charge in [0, 0.05) is 55.0 Å². The molecule has 0 atom stereocenters. The van der Waals surface area contributed by atoms with E-state index in [0.29, 0.717) is 36.9 Å². The molecule has 1 aliphatic heterocycles. The molecule has 35 heavy (non-hydrogen) atoms. The first-order chi connectivity index (χ1) is 16.9. The predicted molar refractivity (Wildman–Crippen MR) is 137 cm³/mol. The molecule has 4 rings (SSSR count). The SMILES string of the molecule is O=C(Nc1cc(Cl)ccc1N1CCN(C(=O)/C=C/c2ccccc2)CC1)c1cccc([N+](=O)[O-])c1. The Balaban J connectivity index is 1.43. The van der Waals surface area contributed by atoms with Gasteiger partial charge in [-0.3, -0.25) is 19.7 Å². The molecule has 1 N–H and O–H groups in total. The van der Waals surface area contributed by atoms with Crippen molar-refractivity contribution in [2.24, 2.45) is 0 Å². The summed E-state index contributed by atoms with van der Waals surface area (Å²) in [5.41, 5.74) is 2.24. The maximum Gasteiger partial charge on any atom is 0.270 e. The van der Waals surface area contributed by atoms with Crippen LogP contribution in [-0.4, -0.2) is 47.8 Å². The molecule has 0 bridgehead atoms. The monoisotopic (exact) mass is 490 g/mol. The lowest BCUT2D eigenvalue weighted by Gasteiger charge is -2.36. The van der Waals surface area contributed by atoms with Crippen LogP contribution in [0.25, 0.3) is 6.08 Å². The zero-order valence-corrected chi connectivity index (χ0v) is 19.5. The first kappa shape index (κ1) is 24.0. The van der Waals surface area contributed by atoms with Crippen LogP contribution in [0.4, 0.5) is 17.1 Å². The summed E-state index contributed by atoms with van der Waals surface area (Å²) in [6.45, 7) is 2.20. The maximum absolute atomic E-state index is 12.8. The van der Waals surface area contributed by atoms with E-state index in [2.05, 4.69) is 10.2 Å². The number of amides is 2. The highest BCUT2D eigenvalue weighted by Crippen LogP contribution is 2.31. The summed E-state index contributed by atoms with van der Waals surface area (Å²) in [6.07, 6.45) is 3.38. The highest BCUT2D eigenvalue weighted by Gasteiger charge is 2.22. The first-order valence-electron chi connectivity index (χ1n) is 11.0. The summed E-state index contributed by atoms with van der Waals surface area (Å²) in [7, 11) is 0. The number of halogens is 1. The van der Waals surface area contributed by atoms with Gasteiger partial charge < -0.3 is 15.1 Å². The van der Waals surface area contributed by atoms with Crippen LogP contribution in [0.1, 0.15) is 15.9 Å². The van der Waals surface area contributed by atoms with Gasteiger partial charge in [-0.05, 0) is 35.9 Å². The number of rotatable bonds is 6. The minimum absolute atomic E-state index is 0.0520. The normalized spacial score (nSPS) is 13.6. The van der Waals surface area contributed by atoms with Crippen LogP contribution in [0.2, 0.25) is 5.02 Å². The van der Waals surface area contributed by atoms with E-state index < -0.39 is 10.8 Å². The minimum Gasteiger partial charge on any atom is -0.366 e. The minimum atomic E-state index is -0.544. The lowest BCUT2D eigenvalue weighted by molar-refractivity contribution is -0.384. The highest BCUT2D eigenvalue weighted by molar-refractivity contribution is 6.31. The number of hydrogen-bond donors (Lipinski definition) is 1. The van der Waals surface area contributed by atoms with Crippen molar-refractivity contribution in [1.82, 2.24) is 4.90 Å². The van der Waals surface area contributed by atoms with Crippen molar-refractivity contribution in [2.45, 2.75) is 0 Å². The van der Waals surface area contributed by atoms with Gasteiger partial charge in [0.25, 0.3) is 11.6 Å². The second-order valence-electron chi connectivity index (χ2n) is 7.98. The third kappa shape index (κ3) is 6.04. The predicted octanol–water partition coefficient (Wildman–Crippen LogP) is 4.86. The first-order valence-corrected chi connectivity index (χ1v) is 11.4. The summed E-state index contributed by atoms with van der Waals surface area (Å²) in [4.78, 5) is 39.8. The summed E-state index contributed by atoms with van der Waals surface area (Å²) in [5, 5.41) is 14.3. The number of hydrogen-bond acceptors (Lipinski definition) is 5. The number of carbonyl (C=O) groups is 2. The van der Waals surface area contributed by atoms with Gasteiger partial charge >= 0.3 is 0 Å². The number of nitrogens with one attached hydrogen (secondary N) is 1. The molecule has 178 valence electrons. The fraction of sp³-hybridized carbons (Fsp3) is 0.154. The number of nitro benzene ring substituents is 1. The van der Waals surface area contributed by atoms with E-state index in [0.717, 1.165) is 11.3 Å². The molecule has 0 unspecified atom stereocenters. The quantitative estimate of drug-likeness (QED) is 0.302. The Morgan fingerprint density at radius 1 is 0.943 bits per heavy atom. The van der Waals surface area contributed by atoms with E-state index in [9.17, 15) is 19.7 Å². The van der Waals surface area contributed by atoms with Crippen LogP contribution in [0, 0.1) is 10.1 Å². The van der Waals surface area contributed by atoms with Crippen LogP contribution < -0.4 is 10.2 Å². The van der Waals surface area contributed by atoms with Gasteiger partial charge in [0.05, 0.1) is 16.3 Å². The van der Waals surface area contributed by atoms with Crippen LogP contribution in [0.5, 0.6) is 0 Å². The van der Waals surface area contributed by atoms with Crippen molar-refractivity contribution >= 4 is 46.6 Å². The molecule has 0 spiro atoms. The maximum atomic E-state index is 12.8. The van der Waals surface area contributed by atoms with Gasteiger partial charge in [0.1, 0.15) is 0 Å². The van der Waals surface area contributed by atoms with Crippen LogP contribution in [0.3, 0.4) is 0 Å². The molecule has 0 aromatic heterocycles. The summed E-state index contributed by atoms with van der Waals surface area (Å²) < 4.78 is 0. The number of carbonyl (C=O) groups excluding carboxylic acids is 2. The van der Waals surface area contributed by atoms with Gasteiger partial charge in [-0.2, -0.15) is 0 Å². The molecule has 0 saturated carbocycles. The Bertz CT molecular complexity index is 1270. The number of nitro groups is 1. The van der Waals surface area contributed by atoms with E-state index in [-0.39, 0.29) is 17.2 Å². The van der Waals surface area contributed by atoms with E-state index in [1.807, 2.05) is 36.4 Å². The van der Waals surface area contributed by atoms with Crippen LogP contribution >= 0.6 is 11.6 Å². The highest BCUT2D eigenvalue weighted by atomic mass is 35.5. The van der Waals surface area contributed by atoms with Crippen LogP contribution in [0.15, 0.2) is 78.9 Å². The molecule has 1 saturated heterocycles. The smallest absolute Gasteiger partial charge is 0.270 e. The van der Waals surface area contributed by atoms with Crippen molar-refractivity contribution in [3.8, 4) is 0 Å². The van der Waals surface area contributed by atoms with Crippen molar-refractivity contribution in [2.75, 3.05) is 36.4 Å². The molecule has 0 radical (unpaired) electrons. The molecular weight excluding hydrogens is 468 g/mol. The summed E-state index contributed by atoms with van der Waals surface area (Å²) in [6, 6.07) is 20.4. The largest absolute Gasteiger partial charge is 0.366 e. The molecule has 0 aliphatic carbocycles. The Morgan fingerprint density at radius 3 is 2.40 bits per heavy atom. The van der Waals surface area contributed by atoms with Gasteiger partial charge in [-0.15, -0.1) is 0 Å². The average Bonchev–Trinajstić information content (AvgIpc) is 2.88. The summed E-state index contributed by atoms with van der Waals surface area (Å²) >= 11 is 6.18. The Kier molecular flexibility index (Phi) is 7.42. The molecular formula is C26H23ClN4O4. The van der Waals surface area contributed by atoms with Crippen molar-refractivity contribution < 1.29 is 14.5 Å². The summed E-state index contributed by atoms with van der Waals surface area (Å²) in [5.74, 6) is -0.527. The number of benzene rings is 3. The molecule has 1 heterocycles. The number of piperazine rings is 1. The molecule has 9 heteroatoms. The number of non-ortho nitro benzene ring substituents is 1. The topological polar surface area (TPSA) is 95.8 Å². The lowest BCUT2D eigenvalue weighted by atomic mass is 10.1. The fourth-order valence-electron chi connectivity index (χ4n) is 3.84. The Hall–Kier alpha value is -4.17. The van der Waals surface area contributed by atoms with Gasteiger partial charge in [-0.1, -0.05) is 48.0 Å². The lowest BCUT2D eigenvalue weighted by Crippen LogP contribution is -2.48. The second-order valence-corrected chi connectivity index (χ2v) is 8.42. The molecule has 3 aromatic rings. The van der Waals surface area contributed by atoms with Crippen LogP contribution in [-0.2, 0) is 4.79 Å². The number of anilines is 2. The molecule has 8 nitrogen and oxygen atoms in total. The van der Waals surface area contributed by atoms with Crippen molar-refractivity contribution in [3.63, 3.8) is 0 Å². The van der Waals surface area contributed by atoms with Crippen molar-refractivity contribution in [1.29, 1.82) is 0 Å². The zero-order valence-electron chi connectivity index (χ0n) is 18.8. The van der Waals surface area contributed by atoms with Crippen molar-refractivity contribution in [3.05, 3.63) is 105 Å². The molecule has 1 fully saturated rings. The Labute approximate surface area is 207 Å². The third-order valence-corrected chi connectivity index (χ3v) is 5.91. The number of nitrogens with zero attached hydrogens (tertiary/aromatic N) is 3. The van der Waals surface area contributed by atoms with Gasteiger partial charge in [0.2, 0.25) is 5.91 Å². The molecule has 1 aliphatic rings. The average molecular weight is 491 g/mol. The standard InChI is InChI=1S/C26H23ClN4O4/c27-21-10-11-24(23(18-21)28-26(33)20-7-4-8-22(17-20)31(34)35)29-13-15-30(16-14-29)25(32)12-9-19-5-2-1-3-6-19/h1-12,17-18H,13-16H2,(H,28,33)/b12-9+. The Morgan fingerprint density at radius 2 is 1.69 bits per heavy atom. The van der Waals surface area contributed by atoms with E-state index in [4.69, 9.17) is 11.6 Å². The second kappa shape index (κ2) is 10.8. The van der Waals surface area contributed by atoms with E-state index in [1.165, 1.54) is 24.3 Å². The molecule has 2 amide bonds. The van der Waals surface area contributed by atoms with E-state index >= 15 is 0 Å².